The maximum Gasteiger partial charge on any atom is 0.227 e. The summed E-state index contributed by atoms with van der Waals surface area (Å²) in [5.74, 6) is -0.0626. The second kappa shape index (κ2) is 4.33. The number of piperazine rings is 1. The van der Waals surface area contributed by atoms with Gasteiger partial charge in [-0.2, -0.15) is 0 Å². The molecule has 0 bridgehead atoms. The quantitative estimate of drug-likeness (QED) is 0.660. The molecule has 2 atom stereocenters. The number of amides is 1. The number of sulfone groups is 1. The molecule has 0 radical (unpaired) electrons. The summed E-state index contributed by atoms with van der Waals surface area (Å²) in [4.78, 5) is 14.0. The molecule has 0 aliphatic carbocycles. The Balaban J connectivity index is 2.02. The summed E-state index contributed by atoms with van der Waals surface area (Å²) in [6, 6.07) is 0.171. The van der Waals surface area contributed by atoms with Crippen molar-refractivity contribution in [3.05, 3.63) is 0 Å². The Morgan fingerprint density at radius 2 is 2.19 bits per heavy atom. The average Bonchev–Trinajstić information content (AvgIpc) is 2.59. The lowest BCUT2D eigenvalue weighted by Crippen LogP contribution is -2.54. The SMILES string of the molecule is C[C@@H]1CNCCN1C(=O)C1CCS(=O)(=O)C1. The van der Waals surface area contributed by atoms with Crippen LogP contribution in [0.2, 0.25) is 0 Å². The zero-order valence-corrected chi connectivity index (χ0v) is 10.3. The summed E-state index contributed by atoms with van der Waals surface area (Å²) in [6.07, 6.45) is 0.498. The molecule has 1 amide bonds. The van der Waals surface area contributed by atoms with Crippen molar-refractivity contribution in [2.75, 3.05) is 31.1 Å². The van der Waals surface area contributed by atoms with Gasteiger partial charge in [-0.1, -0.05) is 0 Å². The molecule has 0 saturated carbocycles. The number of nitrogens with one attached hydrogen (secondary N) is 1. The minimum Gasteiger partial charge on any atom is -0.337 e. The number of hydrogen-bond donors (Lipinski definition) is 1. The Hall–Kier alpha value is -0.620. The van der Waals surface area contributed by atoms with Gasteiger partial charge in [-0.3, -0.25) is 4.79 Å². The van der Waals surface area contributed by atoms with Crippen molar-refractivity contribution < 1.29 is 13.2 Å². The van der Waals surface area contributed by atoms with Crippen LogP contribution in [0, 0.1) is 5.92 Å². The summed E-state index contributed by atoms with van der Waals surface area (Å²) < 4.78 is 22.7. The normalized spacial score (nSPS) is 33.9. The third-order valence-corrected chi connectivity index (χ3v) is 5.13. The van der Waals surface area contributed by atoms with Gasteiger partial charge in [0.15, 0.2) is 9.84 Å². The predicted octanol–water partition coefficient (Wildman–Crippen LogP) is -0.759. The van der Waals surface area contributed by atoms with Gasteiger partial charge in [0.05, 0.1) is 17.4 Å². The molecule has 0 spiro atoms. The van der Waals surface area contributed by atoms with E-state index >= 15 is 0 Å². The summed E-state index contributed by atoms with van der Waals surface area (Å²) in [5, 5.41) is 3.21. The third-order valence-electron chi connectivity index (χ3n) is 3.37. The molecule has 16 heavy (non-hydrogen) atoms. The van der Waals surface area contributed by atoms with Gasteiger partial charge in [0, 0.05) is 25.7 Å². The van der Waals surface area contributed by atoms with Crippen LogP contribution >= 0.6 is 0 Å². The van der Waals surface area contributed by atoms with Crippen LogP contribution in [0.15, 0.2) is 0 Å². The molecular formula is C10H18N2O3S. The van der Waals surface area contributed by atoms with Gasteiger partial charge in [-0.15, -0.1) is 0 Å². The standard InChI is InChI=1S/C10H18N2O3S/c1-8-6-11-3-4-12(8)10(13)9-2-5-16(14,15)7-9/h8-9,11H,2-7H2,1H3/t8-,9?/m1/s1. The molecule has 0 aromatic rings. The molecule has 2 heterocycles. The minimum absolute atomic E-state index is 0.0232. The molecule has 0 aromatic carbocycles. The molecule has 92 valence electrons. The van der Waals surface area contributed by atoms with E-state index in [0.717, 1.165) is 13.1 Å². The molecular weight excluding hydrogens is 228 g/mol. The second-order valence-corrected chi connectivity index (χ2v) is 6.91. The largest absolute Gasteiger partial charge is 0.337 e. The summed E-state index contributed by atoms with van der Waals surface area (Å²) in [6.45, 7) is 4.28. The van der Waals surface area contributed by atoms with E-state index in [1.165, 1.54) is 0 Å². The van der Waals surface area contributed by atoms with Crippen LogP contribution < -0.4 is 5.32 Å². The van der Waals surface area contributed by atoms with Crippen molar-refractivity contribution in [1.82, 2.24) is 10.2 Å². The fourth-order valence-electron chi connectivity index (χ4n) is 2.39. The summed E-state index contributed by atoms with van der Waals surface area (Å²) in [5.41, 5.74) is 0. The molecule has 2 fully saturated rings. The van der Waals surface area contributed by atoms with Crippen LogP contribution in [0.4, 0.5) is 0 Å². The van der Waals surface area contributed by atoms with Gasteiger partial charge >= 0.3 is 0 Å². The maximum atomic E-state index is 12.1. The Morgan fingerprint density at radius 1 is 1.44 bits per heavy atom. The third kappa shape index (κ3) is 2.38. The van der Waals surface area contributed by atoms with Crippen molar-refractivity contribution in [3.8, 4) is 0 Å². The number of nitrogens with zero attached hydrogens (tertiary/aromatic N) is 1. The topological polar surface area (TPSA) is 66.5 Å². The fraction of sp³-hybridized carbons (Fsp3) is 0.900. The van der Waals surface area contributed by atoms with Gasteiger partial charge in [-0.25, -0.2) is 8.42 Å². The highest BCUT2D eigenvalue weighted by Gasteiger charge is 2.37. The van der Waals surface area contributed by atoms with Crippen molar-refractivity contribution in [3.63, 3.8) is 0 Å². The Labute approximate surface area is 96.1 Å². The van der Waals surface area contributed by atoms with E-state index in [0.29, 0.717) is 13.0 Å². The lowest BCUT2D eigenvalue weighted by atomic mass is 10.1. The van der Waals surface area contributed by atoms with Crippen molar-refractivity contribution in [2.24, 2.45) is 5.92 Å². The van der Waals surface area contributed by atoms with Gasteiger partial charge < -0.3 is 10.2 Å². The number of carbonyl (C=O) groups is 1. The molecule has 1 N–H and O–H groups in total. The predicted molar refractivity (Wildman–Crippen MR) is 60.8 cm³/mol. The van der Waals surface area contributed by atoms with Crippen LogP contribution in [-0.4, -0.2) is 56.4 Å². The van der Waals surface area contributed by atoms with Crippen LogP contribution in [0.5, 0.6) is 0 Å². The lowest BCUT2D eigenvalue weighted by Gasteiger charge is -2.35. The zero-order chi connectivity index (χ0) is 11.8. The molecule has 0 aromatic heterocycles. The highest BCUT2D eigenvalue weighted by atomic mass is 32.2. The first-order valence-electron chi connectivity index (χ1n) is 5.71. The van der Waals surface area contributed by atoms with E-state index in [9.17, 15) is 13.2 Å². The molecule has 2 rings (SSSR count). The van der Waals surface area contributed by atoms with Crippen molar-refractivity contribution in [2.45, 2.75) is 19.4 Å². The first-order valence-corrected chi connectivity index (χ1v) is 7.53. The second-order valence-electron chi connectivity index (χ2n) is 4.68. The monoisotopic (exact) mass is 246 g/mol. The van der Waals surface area contributed by atoms with Crippen LogP contribution in [0.1, 0.15) is 13.3 Å². The highest BCUT2D eigenvalue weighted by molar-refractivity contribution is 7.91. The Bertz CT molecular complexity index is 380. The van der Waals surface area contributed by atoms with E-state index in [1.807, 2.05) is 11.8 Å². The van der Waals surface area contributed by atoms with Crippen LogP contribution in [-0.2, 0) is 14.6 Å². The average molecular weight is 246 g/mol. The maximum absolute atomic E-state index is 12.1. The van der Waals surface area contributed by atoms with E-state index in [1.54, 1.807) is 0 Å². The number of carbonyl (C=O) groups excluding carboxylic acids is 1. The van der Waals surface area contributed by atoms with Gasteiger partial charge in [0.25, 0.3) is 0 Å². The van der Waals surface area contributed by atoms with E-state index in [4.69, 9.17) is 0 Å². The molecule has 5 nitrogen and oxygen atoms in total. The number of rotatable bonds is 1. The summed E-state index contributed by atoms with van der Waals surface area (Å²) >= 11 is 0. The minimum atomic E-state index is -2.96. The van der Waals surface area contributed by atoms with Crippen molar-refractivity contribution >= 4 is 15.7 Å². The van der Waals surface area contributed by atoms with E-state index in [2.05, 4.69) is 5.32 Å². The molecule has 1 unspecified atom stereocenters. The Kier molecular flexibility index (Phi) is 3.21. The highest BCUT2D eigenvalue weighted by Crippen LogP contribution is 2.22. The molecule has 2 aliphatic rings. The number of hydrogen-bond acceptors (Lipinski definition) is 4. The first-order chi connectivity index (χ1) is 7.49. The molecule has 6 heteroatoms. The first kappa shape index (κ1) is 11.9. The molecule has 2 saturated heterocycles. The lowest BCUT2D eigenvalue weighted by molar-refractivity contribution is -0.137. The summed E-state index contributed by atoms with van der Waals surface area (Å²) in [7, 11) is -2.96. The van der Waals surface area contributed by atoms with E-state index < -0.39 is 9.84 Å². The fourth-order valence-corrected chi connectivity index (χ4v) is 4.13. The van der Waals surface area contributed by atoms with E-state index in [-0.39, 0.29) is 29.4 Å². The van der Waals surface area contributed by atoms with Crippen LogP contribution in [0.3, 0.4) is 0 Å². The van der Waals surface area contributed by atoms with Gasteiger partial charge in [0.1, 0.15) is 0 Å². The Morgan fingerprint density at radius 3 is 2.75 bits per heavy atom. The van der Waals surface area contributed by atoms with Crippen molar-refractivity contribution in [1.29, 1.82) is 0 Å². The van der Waals surface area contributed by atoms with Gasteiger partial charge in [-0.05, 0) is 13.3 Å². The van der Waals surface area contributed by atoms with Crippen LogP contribution in [0.25, 0.3) is 0 Å². The zero-order valence-electron chi connectivity index (χ0n) is 9.48. The smallest absolute Gasteiger partial charge is 0.227 e. The van der Waals surface area contributed by atoms with Gasteiger partial charge in [0.2, 0.25) is 5.91 Å². The molecule has 2 aliphatic heterocycles.